The summed E-state index contributed by atoms with van der Waals surface area (Å²) in [5.74, 6) is 1.18. The average Bonchev–Trinajstić information content (AvgIpc) is 2.89. The lowest BCUT2D eigenvalue weighted by Crippen LogP contribution is -2.59. The topological polar surface area (TPSA) is 68.3 Å². The highest BCUT2D eigenvalue weighted by molar-refractivity contribution is 6.31. The van der Waals surface area contributed by atoms with Crippen LogP contribution in [0.1, 0.15) is 31.2 Å². The van der Waals surface area contributed by atoms with Gasteiger partial charge >= 0.3 is 0 Å². The van der Waals surface area contributed by atoms with Crippen LogP contribution in [0.15, 0.2) is 48.5 Å². The highest BCUT2D eigenvalue weighted by Gasteiger charge is 2.42. The van der Waals surface area contributed by atoms with E-state index in [9.17, 15) is 9.59 Å². The second kappa shape index (κ2) is 11.8. The number of amides is 2. The molecule has 2 saturated heterocycles. The molecule has 35 heavy (non-hydrogen) atoms. The zero-order chi connectivity index (χ0) is 24.7. The Balaban J connectivity index is 1.46. The molecule has 0 radical (unpaired) electrons. The molecule has 2 heterocycles. The molecule has 188 valence electrons. The third kappa shape index (κ3) is 6.89. The SMILES string of the molecule is Cc1cc(OC[C@@]2(CC(=O)N3CCCCC3)CN(C(=O)COc3ccccc3)CCO2)ccc1Cl. The molecule has 2 aliphatic rings. The summed E-state index contributed by atoms with van der Waals surface area (Å²) >= 11 is 6.15. The Kier molecular flexibility index (Phi) is 8.52. The van der Waals surface area contributed by atoms with E-state index in [4.69, 9.17) is 25.8 Å². The highest BCUT2D eigenvalue weighted by Crippen LogP contribution is 2.28. The third-order valence-corrected chi connectivity index (χ3v) is 6.94. The average molecular weight is 501 g/mol. The maximum atomic E-state index is 13.2. The Labute approximate surface area is 211 Å². The van der Waals surface area contributed by atoms with E-state index < -0.39 is 5.60 Å². The first kappa shape index (κ1) is 25.3. The van der Waals surface area contributed by atoms with Crippen LogP contribution in [0.2, 0.25) is 5.02 Å². The molecule has 2 aromatic carbocycles. The number of aryl methyl sites for hydroxylation is 1. The minimum absolute atomic E-state index is 0.0374. The summed E-state index contributed by atoms with van der Waals surface area (Å²) in [5.41, 5.74) is -0.0371. The van der Waals surface area contributed by atoms with Crippen molar-refractivity contribution in [2.75, 3.05) is 46.0 Å². The van der Waals surface area contributed by atoms with Gasteiger partial charge in [0.15, 0.2) is 6.61 Å². The Bertz CT molecular complexity index is 1010. The van der Waals surface area contributed by atoms with Crippen LogP contribution in [0.5, 0.6) is 11.5 Å². The molecule has 2 amide bonds. The molecule has 0 N–H and O–H groups in total. The van der Waals surface area contributed by atoms with Crippen LogP contribution in [0.25, 0.3) is 0 Å². The summed E-state index contributed by atoms with van der Waals surface area (Å²) < 4.78 is 18.0. The van der Waals surface area contributed by atoms with E-state index in [1.165, 1.54) is 0 Å². The largest absolute Gasteiger partial charge is 0.490 e. The number of rotatable bonds is 8. The summed E-state index contributed by atoms with van der Waals surface area (Å²) in [7, 11) is 0. The van der Waals surface area contributed by atoms with Crippen molar-refractivity contribution in [3.8, 4) is 11.5 Å². The van der Waals surface area contributed by atoms with Gasteiger partial charge in [-0.3, -0.25) is 9.59 Å². The normalized spacial score (nSPS) is 20.4. The standard InChI is InChI=1S/C27H33ClN2O5/c1-21-16-23(10-11-24(21)28)34-20-27(17-25(31)29-12-6-3-7-13-29)19-30(14-15-35-27)26(32)18-33-22-8-4-2-5-9-22/h2,4-5,8-11,16H,3,6-7,12-15,17-20H2,1H3/t27-/m1/s1. The molecule has 7 nitrogen and oxygen atoms in total. The Morgan fingerprint density at radius 2 is 1.71 bits per heavy atom. The van der Waals surface area contributed by atoms with Gasteiger partial charge in [-0.1, -0.05) is 29.8 Å². The number of para-hydroxylation sites is 1. The number of ether oxygens (including phenoxy) is 3. The first-order chi connectivity index (χ1) is 16.9. The lowest BCUT2D eigenvalue weighted by atomic mass is 9.96. The van der Waals surface area contributed by atoms with Crippen LogP contribution in [-0.2, 0) is 14.3 Å². The predicted molar refractivity (Wildman–Crippen MR) is 134 cm³/mol. The van der Waals surface area contributed by atoms with E-state index in [0.717, 1.165) is 37.9 Å². The van der Waals surface area contributed by atoms with Crippen molar-refractivity contribution in [1.82, 2.24) is 9.80 Å². The molecule has 0 aliphatic carbocycles. The number of hydrogen-bond donors (Lipinski definition) is 0. The van der Waals surface area contributed by atoms with E-state index in [2.05, 4.69) is 0 Å². The number of nitrogens with zero attached hydrogens (tertiary/aromatic N) is 2. The molecular weight excluding hydrogens is 468 g/mol. The Hall–Kier alpha value is -2.77. The van der Waals surface area contributed by atoms with Crippen molar-refractivity contribution in [3.05, 3.63) is 59.1 Å². The number of morpholine rings is 1. The van der Waals surface area contributed by atoms with Gasteiger partial charge in [-0.15, -0.1) is 0 Å². The first-order valence-electron chi connectivity index (χ1n) is 12.2. The van der Waals surface area contributed by atoms with E-state index in [-0.39, 0.29) is 38.0 Å². The van der Waals surface area contributed by atoms with Crippen molar-refractivity contribution in [1.29, 1.82) is 0 Å². The van der Waals surface area contributed by atoms with Gasteiger partial charge in [-0.05, 0) is 62.1 Å². The maximum absolute atomic E-state index is 13.2. The molecule has 0 bridgehead atoms. The number of halogens is 1. The Morgan fingerprint density at radius 1 is 0.943 bits per heavy atom. The van der Waals surface area contributed by atoms with Crippen molar-refractivity contribution >= 4 is 23.4 Å². The smallest absolute Gasteiger partial charge is 0.260 e. The summed E-state index contributed by atoms with van der Waals surface area (Å²) in [4.78, 5) is 29.8. The number of hydrogen-bond acceptors (Lipinski definition) is 5. The second-order valence-electron chi connectivity index (χ2n) is 9.27. The minimum Gasteiger partial charge on any atom is -0.490 e. The van der Waals surface area contributed by atoms with Gasteiger partial charge in [-0.25, -0.2) is 0 Å². The van der Waals surface area contributed by atoms with Crippen LogP contribution in [0.4, 0.5) is 0 Å². The lowest BCUT2D eigenvalue weighted by molar-refractivity contribution is -0.167. The number of carbonyl (C=O) groups excluding carboxylic acids is 2. The van der Waals surface area contributed by atoms with Gasteiger partial charge in [0.1, 0.15) is 23.7 Å². The zero-order valence-corrected chi connectivity index (χ0v) is 21.0. The minimum atomic E-state index is -0.942. The van der Waals surface area contributed by atoms with E-state index in [0.29, 0.717) is 29.7 Å². The molecular formula is C27H33ClN2O5. The number of benzene rings is 2. The summed E-state index contributed by atoms with van der Waals surface area (Å²) in [5, 5.41) is 0.663. The quantitative estimate of drug-likeness (QED) is 0.545. The van der Waals surface area contributed by atoms with Gasteiger partial charge in [0, 0.05) is 24.7 Å². The zero-order valence-electron chi connectivity index (χ0n) is 20.2. The lowest BCUT2D eigenvalue weighted by Gasteiger charge is -2.43. The van der Waals surface area contributed by atoms with Gasteiger partial charge in [0.25, 0.3) is 5.91 Å². The summed E-state index contributed by atoms with van der Waals surface area (Å²) in [6.45, 7) is 4.54. The molecule has 0 aromatic heterocycles. The fraction of sp³-hybridized carbons (Fsp3) is 0.481. The van der Waals surface area contributed by atoms with E-state index >= 15 is 0 Å². The highest BCUT2D eigenvalue weighted by atomic mass is 35.5. The van der Waals surface area contributed by atoms with E-state index in [1.54, 1.807) is 17.0 Å². The molecule has 8 heteroatoms. The van der Waals surface area contributed by atoms with Crippen molar-refractivity contribution in [3.63, 3.8) is 0 Å². The fourth-order valence-electron chi connectivity index (χ4n) is 4.51. The van der Waals surface area contributed by atoms with Crippen LogP contribution in [0, 0.1) is 6.92 Å². The molecule has 4 rings (SSSR count). The Morgan fingerprint density at radius 3 is 2.46 bits per heavy atom. The van der Waals surface area contributed by atoms with E-state index in [1.807, 2.05) is 48.2 Å². The second-order valence-corrected chi connectivity index (χ2v) is 9.67. The first-order valence-corrected chi connectivity index (χ1v) is 12.6. The van der Waals surface area contributed by atoms with Gasteiger partial charge in [0.2, 0.25) is 5.91 Å². The molecule has 2 aliphatic heterocycles. The summed E-state index contributed by atoms with van der Waals surface area (Å²) in [6.07, 6.45) is 3.33. The van der Waals surface area contributed by atoms with Gasteiger partial charge in [-0.2, -0.15) is 0 Å². The molecule has 0 saturated carbocycles. The van der Waals surface area contributed by atoms with Crippen LogP contribution in [0.3, 0.4) is 0 Å². The number of carbonyl (C=O) groups is 2. The molecule has 0 spiro atoms. The van der Waals surface area contributed by atoms with Crippen molar-refractivity contribution in [2.24, 2.45) is 0 Å². The van der Waals surface area contributed by atoms with Gasteiger partial charge < -0.3 is 24.0 Å². The van der Waals surface area contributed by atoms with Crippen LogP contribution < -0.4 is 9.47 Å². The maximum Gasteiger partial charge on any atom is 0.260 e. The molecule has 2 fully saturated rings. The predicted octanol–water partition coefficient (Wildman–Crippen LogP) is 4.11. The third-order valence-electron chi connectivity index (χ3n) is 6.52. The molecule has 2 aromatic rings. The molecule has 1 atom stereocenters. The fourth-order valence-corrected chi connectivity index (χ4v) is 4.63. The van der Waals surface area contributed by atoms with Crippen molar-refractivity contribution < 1.29 is 23.8 Å². The monoisotopic (exact) mass is 500 g/mol. The number of piperidine rings is 1. The van der Waals surface area contributed by atoms with Gasteiger partial charge in [0.05, 0.1) is 19.6 Å². The number of likely N-dealkylation sites (tertiary alicyclic amines) is 1. The van der Waals surface area contributed by atoms with Crippen LogP contribution >= 0.6 is 11.6 Å². The van der Waals surface area contributed by atoms with Crippen molar-refractivity contribution in [2.45, 2.75) is 38.2 Å². The summed E-state index contributed by atoms with van der Waals surface area (Å²) in [6, 6.07) is 14.7. The van der Waals surface area contributed by atoms with Crippen LogP contribution in [-0.4, -0.2) is 73.2 Å². The molecule has 0 unspecified atom stereocenters.